The van der Waals surface area contributed by atoms with E-state index in [0.29, 0.717) is 13.2 Å². The third-order valence-corrected chi connectivity index (χ3v) is 2.54. The van der Waals surface area contributed by atoms with Crippen LogP contribution in [0, 0.1) is 0 Å². The number of hydrogen-bond acceptors (Lipinski definition) is 3. The minimum atomic E-state index is -0.500. The molecule has 1 aromatic carbocycles. The maximum absolute atomic E-state index is 9.54. The summed E-state index contributed by atoms with van der Waals surface area (Å²) in [6, 6.07) is 5.53. The Morgan fingerprint density at radius 3 is 3.19 bits per heavy atom. The quantitative estimate of drug-likeness (QED) is 0.792. The van der Waals surface area contributed by atoms with E-state index in [2.05, 4.69) is 6.58 Å². The summed E-state index contributed by atoms with van der Waals surface area (Å²) < 4.78 is 10.9. The Kier molecular flexibility index (Phi) is 3.15. The van der Waals surface area contributed by atoms with E-state index in [-0.39, 0.29) is 0 Å². The zero-order valence-corrected chi connectivity index (χ0v) is 9.40. The van der Waals surface area contributed by atoms with Crippen molar-refractivity contribution in [1.82, 2.24) is 0 Å². The van der Waals surface area contributed by atoms with E-state index in [4.69, 9.17) is 9.47 Å². The molecule has 0 radical (unpaired) electrons. The maximum Gasteiger partial charge on any atom is 0.129 e. The summed E-state index contributed by atoms with van der Waals surface area (Å²) in [5.74, 6) is 1.49. The molecule has 0 saturated heterocycles. The minimum absolute atomic E-state index is 0.338. The van der Waals surface area contributed by atoms with Crippen LogP contribution in [0.25, 0.3) is 0 Å². The highest BCUT2D eigenvalue weighted by molar-refractivity contribution is 5.44. The summed E-state index contributed by atoms with van der Waals surface area (Å²) in [5.41, 5.74) is 1.94. The SMILES string of the molecule is C=C(C)CCOc1ccc2c(c1)OCC2O. The second kappa shape index (κ2) is 4.58. The van der Waals surface area contributed by atoms with Gasteiger partial charge >= 0.3 is 0 Å². The molecule has 0 aliphatic carbocycles. The number of rotatable bonds is 4. The van der Waals surface area contributed by atoms with E-state index < -0.39 is 6.10 Å². The monoisotopic (exact) mass is 220 g/mol. The van der Waals surface area contributed by atoms with Crippen LogP contribution >= 0.6 is 0 Å². The first-order valence-electron chi connectivity index (χ1n) is 5.39. The van der Waals surface area contributed by atoms with Crippen LogP contribution in [0.15, 0.2) is 30.4 Å². The maximum atomic E-state index is 9.54. The average Bonchev–Trinajstić information content (AvgIpc) is 2.60. The molecule has 1 aromatic rings. The third kappa shape index (κ3) is 2.36. The molecule has 2 rings (SSSR count). The van der Waals surface area contributed by atoms with Gasteiger partial charge in [0.1, 0.15) is 24.2 Å². The van der Waals surface area contributed by atoms with Crippen molar-refractivity contribution in [2.45, 2.75) is 19.4 Å². The number of fused-ring (bicyclic) bond motifs is 1. The van der Waals surface area contributed by atoms with Gasteiger partial charge < -0.3 is 14.6 Å². The van der Waals surface area contributed by atoms with Crippen LogP contribution < -0.4 is 9.47 Å². The van der Waals surface area contributed by atoms with Crippen molar-refractivity contribution < 1.29 is 14.6 Å². The highest BCUT2D eigenvalue weighted by atomic mass is 16.5. The smallest absolute Gasteiger partial charge is 0.129 e. The summed E-state index contributed by atoms with van der Waals surface area (Å²) in [6.45, 7) is 6.75. The number of aliphatic hydroxyl groups is 1. The fourth-order valence-electron chi connectivity index (χ4n) is 1.61. The van der Waals surface area contributed by atoms with Gasteiger partial charge in [0.2, 0.25) is 0 Å². The lowest BCUT2D eigenvalue weighted by molar-refractivity contribution is 0.140. The first-order chi connectivity index (χ1) is 7.66. The molecule has 0 amide bonds. The molecule has 1 aliphatic heterocycles. The van der Waals surface area contributed by atoms with Gasteiger partial charge in [-0.2, -0.15) is 0 Å². The van der Waals surface area contributed by atoms with E-state index in [1.54, 1.807) is 0 Å². The van der Waals surface area contributed by atoms with Crippen molar-refractivity contribution in [3.8, 4) is 11.5 Å². The van der Waals surface area contributed by atoms with Gasteiger partial charge in [-0.3, -0.25) is 0 Å². The molecule has 16 heavy (non-hydrogen) atoms. The first kappa shape index (κ1) is 11.0. The Hall–Kier alpha value is -1.48. The summed E-state index contributed by atoms with van der Waals surface area (Å²) >= 11 is 0. The fourth-order valence-corrected chi connectivity index (χ4v) is 1.61. The normalized spacial score (nSPS) is 17.8. The first-order valence-corrected chi connectivity index (χ1v) is 5.39. The number of ether oxygens (including phenoxy) is 2. The standard InChI is InChI=1S/C13H16O3/c1-9(2)5-6-15-10-3-4-11-12(14)8-16-13(11)7-10/h3-4,7,12,14H,1,5-6,8H2,2H3. The van der Waals surface area contributed by atoms with Crippen LogP contribution in [0.5, 0.6) is 11.5 Å². The number of aliphatic hydroxyl groups excluding tert-OH is 1. The molecule has 1 aliphatic rings. The Balaban J connectivity index is 1.99. The predicted molar refractivity (Wildman–Crippen MR) is 61.8 cm³/mol. The van der Waals surface area contributed by atoms with Gasteiger partial charge in [-0.1, -0.05) is 5.57 Å². The van der Waals surface area contributed by atoms with Crippen molar-refractivity contribution in [1.29, 1.82) is 0 Å². The van der Waals surface area contributed by atoms with E-state index in [1.165, 1.54) is 0 Å². The molecule has 0 saturated carbocycles. The van der Waals surface area contributed by atoms with E-state index >= 15 is 0 Å². The molecule has 3 heteroatoms. The Morgan fingerprint density at radius 2 is 2.44 bits per heavy atom. The number of hydrogen-bond donors (Lipinski definition) is 1. The topological polar surface area (TPSA) is 38.7 Å². The Morgan fingerprint density at radius 1 is 1.62 bits per heavy atom. The second-order valence-electron chi connectivity index (χ2n) is 4.08. The molecule has 1 unspecified atom stereocenters. The molecule has 0 bridgehead atoms. The molecule has 1 N–H and O–H groups in total. The fraction of sp³-hybridized carbons (Fsp3) is 0.385. The zero-order chi connectivity index (χ0) is 11.5. The average molecular weight is 220 g/mol. The molecular weight excluding hydrogens is 204 g/mol. The molecular formula is C13H16O3. The van der Waals surface area contributed by atoms with Gasteiger partial charge in [-0.15, -0.1) is 6.58 Å². The molecule has 0 spiro atoms. The van der Waals surface area contributed by atoms with Crippen LogP contribution in [0.4, 0.5) is 0 Å². The summed E-state index contributed by atoms with van der Waals surface area (Å²) in [4.78, 5) is 0. The van der Waals surface area contributed by atoms with Crippen LogP contribution in [-0.4, -0.2) is 18.3 Å². The summed E-state index contributed by atoms with van der Waals surface area (Å²) in [7, 11) is 0. The van der Waals surface area contributed by atoms with Crippen molar-refractivity contribution in [3.63, 3.8) is 0 Å². The van der Waals surface area contributed by atoms with Crippen LogP contribution in [0.3, 0.4) is 0 Å². The van der Waals surface area contributed by atoms with Crippen LogP contribution in [0.2, 0.25) is 0 Å². The Bertz CT molecular complexity index is 398. The highest BCUT2D eigenvalue weighted by Gasteiger charge is 2.21. The molecule has 3 nitrogen and oxygen atoms in total. The largest absolute Gasteiger partial charge is 0.493 e. The second-order valence-corrected chi connectivity index (χ2v) is 4.08. The van der Waals surface area contributed by atoms with Crippen molar-refractivity contribution in [2.24, 2.45) is 0 Å². The predicted octanol–water partition coefficient (Wildman–Crippen LogP) is 2.46. The molecule has 1 atom stereocenters. The molecule has 0 aromatic heterocycles. The van der Waals surface area contributed by atoms with Gasteiger partial charge in [-0.25, -0.2) is 0 Å². The third-order valence-electron chi connectivity index (χ3n) is 2.54. The van der Waals surface area contributed by atoms with Gasteiger partial charge in [-0.05, 0) is 19.1 Å². The van der Waals surface area contributed by atoms with Gasteiger partial charge in [0, 0.05) is 18.1 Å². The highest BCUT2D eigenvalue weighted by Crippen LogP contribution is 2.35. The lowest BCUT2D eigenvalue weighted by atomic mass is 10.1. The minimum Gasteiger partial charge on any atom is -0.493 e. The summed E-state index contributed by atoms with van der Waals surface area (Å²) in [6.07, 6.45) is 0.347. The Labute approximate surface area is 95.3 Å². The molecule has 86 valence electrons. The van der Waals surface area contributed by atoms with Crippen LogP contribution in [0.1, 0.15) is 25.0 Å². The lowest BCUT2D eigenvalue weighted by Gasteiger charge is -2.07. The lowest BCUT2D eigenvalue weighted by Crippen LogP contribution is -1.97. The van der Waals surface area contributed by atoms with Crippen molar-refractivity contribution in [3.05, 3.63) is 35.9 Å². The van der Waals surface area contributed by atoms with E-state index in [0.717, 1.165) is 29.1 Å². The van der Waals surface area contributed by atoms with E-state index in [9.17, 15) is 5.11 Å². The van der Waals surface area contributed by atoms with E-state index in [1.807, 2.05) is 25.1 Å². The van der Waals surface area contributed by atoms with Gasteiger partial charge in [0.05, 0.1) is 6.61 Å². The van der Waals surface area contributed by atoms with Crippen LogP contribution in [-0.2, 0) is 0 Å². The van der Waals surface area contributed by atoms with Gasteiger partial charge in [0.15, 0.2) is 0 Å². The van der Waals surface area contributed by atoms with Crippen molar-refractivity contribution in [2.75, 3.05) is 13.2 Å². The zero-order valence-electron chi connectivity index (χ0n) is 9.40. The number of benzene rings is 1. The summed E-state index contributed by atoms with van der Waals surface area (Å²) in [5, 5.41) is 9.54. The van der Waals surface area contributed by atoms with Gasteiger partial charge in [0.25, 0.3) is 0 Å². The molecule has 0 fully saturated rings. The van der Waals surface area contributed by atoms with Crippen molar-refractivity contribution >= 4 is 0 Å². The molecule has 1 heterocycles.